The number of carbonyl (C=O) groups is 1. The Morgan fingerprint density at radius 3 is 2.04 bits per heavy atom. The van der Waals surface area contributed by atoms with Gasteiger partial charge in [0.25, 0.3) is 0 Å². The molecule has 1 saturated heterocycles. The van der Waals surface area contributed by atoms with Crippen molar-refractivity contribution in [2.75, 3.05) is 0 Å². The fraction of sp³-hybridized carbons (Fsp3) is 0.947. The van der Waals surface area contributed by atoms with Crippen molar-refractivity contribution in [3.63, 3.8) is 0 Å². The third-order valence-corrected chi connectivity index (χ3v) is 5.70. The minimum Gasteiger partial charge on any atom is -0.460 e. The molecule has 0 amide bonds. The summed E-state index contributed by atoms with van der Waals surface area (Å²) < 4.78 is 18.1. The molecule has 24 heavy (non-hydrogen) atoms. The van der Waals surface area contributed by atoms with Crippen molar-refractivity contribution < 1.29 is 18.8 Å². The van der Waals surface area contributed by atoms with Crippen LogP contribution in [0.15, 0.2) is 0 Å². The molecule has 138 valence electrons. The summed E-state index contributed by atoms with van der Waals surface area (Å²) in [5.74, 6) is 0.398. The number of carbonyl (C=O) groups excluding carboxylic acids is 1. The zero-order valence-corrected chi connectivity index (χ0v) is 16.6. The Morgan fingerprint density at radius 1 is 1.08 bits per heavy atom. The number of esters is 1. The van der Waals surface area contributed by atoms with Gasteiger partial charge in [-0.05, 0) is 54.4 Å². The molecule has 5 heteroatoms. The minimum atomic E-state index is -0.454. The molecule has 0 aromatic heterocycles. The summed E-state index contributed by atoms with van der Waals surface area (Å²) in [4.78, 5) is 12.5. The van der Waals surface area contributed by atoms with Gasteiger partial charge in [-0.2, -0.15) is 0 Å². The lowest BCUT2D eigenvalue weighted by Gasteiger charge is -2.32. The van der Waals surface area contributed by atoms with E-state index in [-0.39, 0.29) is 30.1 Å². The first kappa shape index (κ1) is 19.8. The Morgan fingerprint density at radius 2 is 1.58 bits per heavy atom. The quantitative estimate of drug-likeness (QED) is 0.547. The van der Waals surface area contributed by atoms with E-state index in [1.54, 1.807) is 0 Å². The second-order valence-electron chi connectivity index (χ2n) is 9.48. The van der Waals surface area contributed by atoms with Gasteiger partial charge in [-0.1, -0.05) is 32.1 Å². The zero-order valence-electron chi connectivity index (χ0n) is 16.6. The number of ether oxygens (including phenoxy) is 1. The first-order valence-corrected chi connectivity index (χ1v) is 9.49. The maximum absolute atomic E-state index is 12.5. The molecule has 2 aliphatic rings. The van der Waals surface area contributed by atoms with Crippen molar-refractivity contribution in [1.29, 1.82) is 0 Å². The van der Waals surface area contributed by atoms with Gasteiger partial charge >= 0.3 is 13.1 Å². The van der Waals surface area contributed by atoms with Crippen LogP contribution in [0, 0.1) is 5.92 Å². The number of rotatable bonds is 4. The maximum atomic E-state index is 12.5. The first-order chi connectivity index (χ1) is 10.9. The molecule has 1 atom stereocenters. The highest BCUT2D eigenvalue weighted by atomic mass is 16.7. The Kier molecular flexibility index (Phi) is 5.76. The van der Waals surface area contributed by atoms with Crippen LogP contribution in [0.5, 0.6) is 0 Å². The van der Waals surface area contributed by atoms with Crippen LogP contribution >= 0.6 is 0 Å². The molecule has 2 rings (SSSR count). The molecule has 0 radical (unpaired) electrons. The molecule has 1 aliphatic carbocycles. The maximum Gasteiger partial charge on any atom is 0.462 e. The Hall–Kier alpha value is -0.545. The Labute approximate surface area is 148 Å². The predicted octanol–water partition coefficient (Wildman–Crippen LogP) is 4.76. The monoisotopic (exact) mass is 338 g/mol. The van der Waals surface area contributed by atoms with Crippen molar-refractivity contribution in [2.45, 2.75) is 110 Å². The van der Waals surface area contributed by atoms with Crippen LogP contribution in [-0.2, 0) is 18.8 Å². The van der Waals surface area contributed by atoms with Crippen molar-refractivity contribution in [3.05, 3.63) is 0 Å². The van der Waals surface area contributed by atoms with E-state index >= 15 is 0 Å². The minimum absolute atomic E-state index is 0.0706. The van der Waals surface area contributed by atoms with Gasteiger partial charge < -0.3 is 14.0 Å². The highest BCUT2D eigenvalue weighted by Crippen LogP contribution is 2.46. The van der Waals surface area contributed by atoms with E-state index in [0.717, 1.165) is 12.8 Å². The fourth-order valence-electron chi connectivity index (χ4n) is 3.69. The van der Waals surface area contributed by atoms with Crippen molar-refractivity contribution in [2.24, 2.45) is 5.92 Å². The van der Waals surface area contributed by atoms with E-state index < -0.39 is 5.60 Å². The molecular weight excluding hydrogens is 303 g/mol. The van der Waals surface area contributed by atoms with Crippen LogP contribution in [0.4, 0.5) is 0 Å². The fourth-order valence-corrected chi connectivity index (χ4v) is 3.69. The second kappa shape index (κ2) is 6.99. The first-order valence-electron chi connectivity index (χ1n) is 9.49. The number of hydrogen-bond acceptors (Lipinski definition) is 4. The number of hydrogen-bond donors (Lipinski definition) is 0. The lowest BCUT2D eigenvalue weighted by atomic mass is 9.60. The van der Waals surface area contributed by atoms with Gasteiger partial charge in [0.1, 0.15) is 5.60 Å². The van der Waals surface area contributed by atoms with Crippen LogP contribution in [0.3, 0.4) is 0 Å². The molecule has 0 aromatic carbocycles. The van der Waals surface area contributed by atoms with E-state index in [1.165, 1.54) is 19.3 Å². The van der Waals surface area contributed by atoms with Crippen LogP contribution in [-0.4, -0.2) is 29.9 Å². The summed E-state index contributed by atoms with van der Waals surface area (Å²) >= 11 is 0. The van der Waals surface area contributed by atoms with Gasteiger partial charge in [0.15, 0.2) is 0 Å². The third-order valence-electron chi connectivity index (χ3n) is 5.70. The summed E-state index contributed by atoms with van der Waals surface area (Å²) in [6.07, 6.45) is 6.43. The molecule has 1 heterocycles. The molecule has 0 aromatic rings. The zero-order chi connectivity index (χ0) is 18.2. The lowest BCUT2D eigenvalue weighted by Crippen LogP contribution is -2.41. The summed E-state index contributed by atoms with van der Waals surface area (Å²) in [5.41, 5.74) is -1.18. The smallest absolute Gasteiger partial charge is 0.460 e. The van der Waals surface area contributed by atoms with Crippen molar-refractivity contribution >= 4 is 13.1 Å². The molecular formula is C19H35BO4. The third kappa shape index (κ3) is 4.75. The van der Waals surface area contributed by atoms with Gasteiger partial charge in [0.05, 0.1) is 11.2 Å². The van der Waals surface area contributed by atoms with Gasteiger partial charge in [0.2, 0.25) is 0 Å². The predicted molar refractivity (Wildman–Crippen MR) is 96.9 cm³/mol. The van der Waals surface area contributed by atoms with E-state index in [0.29, 0.717) is 12.3 Å². The second-order valence-corrected chi connectivity index (χ2v) is 9.48. The summed E-state index contributed by atoms with van der Waals surface area (Å²) in [6.45, 7) is 14.0. The highest BCUT2D eigenvalue weighted by molar-refractivity contribution is 6.48. The average molecular weight is 338 g/mol. The normalized spacial score (nSPS) is 25.5. The van der Waals surface area contributed by atoms with E-state index in [9.17, 15) is 4.79 Å². The van der Waals surface area contributed by atoms with Crippen LogP contribution < -0.4 is 0 Å². The van der Waals surface area contributed by atoms with E-state index in [2.05, 4.69) is 27.7 Å². The summed E-state index contributed by atoms with van der Waals surface area (Å²) in [7, 11) is -0.328. The molecule has 1 aliphatic heterocycles. The summed E-state index contributed by atoms with van der Waals surface area (Å²) in [5, 5.41) is 0. The molecule has 0 bridgehead atoms. The average Bonchev–Trinajstić information content (AvgIpc) is 2.63. The topological polar surface area (TPSA) is 44.8 Å². The van der Waals surface area contributed by atoms with Gasteiger partial charge in [-0.15, -0.1) is 0 Å². The molecule has 2 fully saturated rings. The van der Waals surface area contributed by atoms with Crippen LogP contribution in [0.1, 0.15) is 87.0 Å². The van der Waals surface area contributed by atoms with E-state index in [4.69, 9.17) is 14.0 Å². The van der Waals surface area contributed by atoms with Gasteiger partial charge in [-0.25, -0.2) is 0 Å². The van der Waals surface area contributed by atoms with Crippen LogP contribution in [0.25, 0.3) is 0 Å². The van der Waals surface area contributed by atoms with Crippen molar-refractivity contribution in [3.8, 4) is 0 Å². The molecule has 1 unspecified atom stereocenters. The largest absolute Gasteiger partial charge is 0.462 e. The Bertz CT molecular complexity index is 431. The molecule has 4 nitrogen and oxygen atoms in total. The molecule has 1 saturated carbocycles. The van der Waals surface area contributed by atoms with Gasteiger partial charge in [0, 0.05) is 12.2 Å². The SMILES string of the molecule is CC(C)(C)OC(=O)CC(B1OC(C)(C)C(C)(C)O1)C1CCCCC1. The standard InChI is InChI=1S/C19H35BO4/c1-17(2,3)22-16(21)13-15(14-11-9-8-10-12-14)20-23-18(4,5)19(6,7)24-20/h14-15H,8-13H2,1-7H3. The summed E-state index contributed by atoms with van der Waals surface area (Å²) in [6, 6.07) is 0. The van der Waals surface area contributed by atoms with E-state index in [1.807, 2.05) is 20.8 Å². The van der Waals surface area contributed by atoms with Crippen molar-refractivity contribution in [1.82, 2.24) is 0 Å². The highest BCUT2D eigenvalue weighted by Gasteiger charge is 2.55. The molecule has 0 spiro atoms. The lowest BCUT2D eigenvalue weighted by molar-refractivity contribution is -0.155. The Balaban J connectivity index is 2.13. The van der Waals surface area contributed by atoms with Gasteiger partial charge in [-0.3, -0.25) is 4.79 Å². The van der Waals surface area contributed by atoms with Crippen LogP contribution in [0.2, 0.25) is 5.82 Å². The molecule has 0 N–H and O–H groups in total.